The average Bonchev–Trinajstić information content (AvgIpc) is 2.54. The van der Waals surface area contributed by atoms with Crippen molar-refractivity contribution in [2.45, 2.75) is 32.7 Å². The quantitative estimate of drug-likeness (QED) is 0.893. The third-order valence-corrected chi connectivity index (χ3v) is 4.59. The maximum Gasteiger partial charge on any atom is 0.222 e. The summed E-state index contributed by atoms with van der Waals surface area (Å²) < 4.78 is 0.926. The van der Waals surface area contributed by atoms with Crippen LogP contribution in [0, 0.1) is 5.92 Å². The summed E-state index contributed by atoms with van der Waals surface area (Å²) in [5, 5.41) is 3.15. The van der Waals surface area contributed by atoms with Gasteiger partial charge in [0, 0.05) is 41.9 Å². The summed E-state index contributed by atoms with van der Waals surface area (Å²) in [7, 11) is 0. The van der Waals surface area contributed by atoms with Crippen molar-refractivity contribution < 1.29 is 4.79 Å². The second kappa shape index (κ2) is 6.83. The van der Waals surface area contributed by atoms with Crippen LogP contribution in [-0.4, -0.2) is 35.0 Å². The van der Waals surface area contributed by atoms with Crippen molar-refractivity contribution in [2.75, 3.05) is 18.0 Å². The van der Waals surface area contributed by atoms with Gasteiger partial charge in [-0.05, 0) is 40.9 Å². The zero-order valence-electron chi connectivity index (χ0n) is 13.4. The predicted octanol–water partition coefficient (Wildman–Crippen LogP) is 3.13. The highest BCUT2D eigenvalue weighted by atomic mass is 79.9. The van der Waals surface area contributed by atoms with E-state index >= 15 is 0 Å². The first-order chi connectivity index (χ1) is 11.0. The number of amides is 1. The number of nitrogens with one attached hydrogen (secondary N) is 1. The van der Waals surface area contributed by atoms with Gasteiger partial charge in [-0.1, -0.05) is 13.8 Å². The molecule has 0 spiro atoms. The summed E-state index contributed by atoms with van der Waals surface area (Å²) in [6, 6.07) is 4.18. The molecule has 6 heteroatoms. The van der Waals surface area contributed by atoms with Gasteiger partial charge in [-0.3, -0.25) is 14.8 Å². The lowest BCUT2D eigenvalue weighted by molar-refractivity contribution is -0.124. The lowest BCUT2D eigenvalue weighted by atomic mass is 10.0. The first-order valence-electron chi connectivity index (χ1n) is 8.00. The minimum Gasteiger partial charge on any atom is -0.368 e. The standard InChI is InChI=1S/C17H21BrN4O/c1-11(2)17(23)21-13-4-3-7-22(10-13)15-5-6-19-14-8-12(18)9-20-16(14)15/h5-6,8-9,11,13H,3-4,7,10H2,1-2H3,(H,21,23). The molecule has 0 radical (unpaired) electrons. The van der Waals surface area contributed by atoms with Crippen LogP contribution < -0.4 is 10.2 Å². The molecular weight excluding hydrogens is 356 g/mol. The number of fused-ring (bicyclic) bond motifs is 1. The number of carbonyl (C=O) groups is 1. The Bertz CT molecular complexity index is 719. The molecule has 0 aliphatic carbocycles. The van der Waals surface area contributed by atoms with Gasteiger partial charge in [-0.2, -0.15) is 0 Å². The molecular formula is C17H21BrN4O. The van der Waals surface area contributed by atoms with Gasteiger partial charge in [-0.25, -0.2) is 0 Å². The molecule has 1 aliphatic heterocycles. The van der Waals surface area contributed by atoms with E-state index in [9.17, 15) is 4.79 Å². The number of hydrogen-bond acceptors (Lipinski definition) is 4. The van der Waals surface area contributed by atoms with E-state index in [4.69, 9.17) is 0 Å². The number of aromatic nitrogens is 2. The van der Waals surface area contributed by atoms with E-state index in [1.54, 1.807) is 6.20 Å². The zero-order chi connectivity index (χ0) is 16.4. The number of rotatable bonds is 3. The highest BCUT2D eigenvalue weighted by molar-refractivity contribution is 9.10. The third-order valence-electron chi connectivity index (χ3n) is 4.16. The first kappa shape index (κ1) is 16.2. The highest BCUT2D eigenvalue weighted by Crippen LogP contribution is 2.27. The molecule has 1 atom stereocenters. The van der Waals surface area contributed by atoms with E-state index in [1.807, 2.05) is 32.2 Å². The molecule has 3 rings (SSSR count). The summed E-state index contributed by atoms with van der Waals surface area (Å²) in [6.45, 7) is 5.64. The van der Waals surface area contributed by atoms with Gasteiger partial charge in [0.1, 0.15) is 5.52 Å². The van der Waals surface area contributed by atoms with Gasteiger partial charge >= 0.3 is 0 Å². The molecule has 0 aromatic carbocycles. The van der Waals surface area contributed by atoms with Gasteiger partial charge in [0.2, 0.25) is 5.91 Å². The maximum absolute atomic E-state index is 11.9. The second-order valence-electron chi connectivity index (χ2n) is 6.30. The van der Waals surface area contributed by atoms with Crippen LogP contribution in [0.15, 0.2) is 29.0 Å². The molecule has 1 fully saturated rings. The highest BCUT2D eigenvalue weighted by Gasteiger charge is 2.23. The molecule has 1 N–H and O–H groups in total. The number of nitrogens with zero attached hydrogens (tertiary/aromatic N) is 3. The Morgan fingerprint density at radius 3 is 3.04 bits per heavy atom. The van der Waals surface area contributed by atoms with Gasteiger partial charge in [-0.15, -0.1) is 0 Å². The van der Waals surface area contributed by atoms with Crippen LogP contribution in [0.3, 0.4) is 0 Å². The fraction of sp³-hybridized carbons (Fsp3) is 0.471. The minimum atomic E-state index is 0.0196. The van der Waals surface area contributed by atoms with Crippen LogP contribution in [0.4, 0.5) is 5.69 Å². The van der Waals surface area contributed by atoms with Gasteiger partial charge in [0.15, 0.2) is 0 Å². The number of pyridine rings is 2. The smallest absolute Gasteiger partial charge is 0.222 e. The van der Waals surface area contributed by atoms with Crippen LogP contribution in [0.1, 0.15) is 26.7 Å². The average molecular weight is 377 g/mol. The van der Waals surface area contributed by atoms with Crippen molar-refractivity contribution in [3.63, 3.8) is 0 Å². The van der Waals surface area contributed by atoms with Gasteiger partial charge < -0.3 is 10.2 Å². The van der Waals surface area contributed by atoms with E-state index < -0.39 is 0 Å². The summed E-state index contributed by atoms with van der Waals surface area (Å²) in [4.78, 5) is 23.2. The minimum absolute atomic E-state index is 0.0196. The fourth-order valence-electron chi connectivity index (χ4n) is 2.93. The largest absolute Gasteiger partial charge is 0.368 e. The molecule has 122 valence electrons. The maximum atomic E-state index is 11.9. The SMILES string of the molecule is CC(C)C(=O)NC1CCCN(c2ccnc3cc(Br)cnc23)C1. The molecule has 1 saturated heterocycles. The Hall–Kier alpha value is -1.69. The number of halogens is 1. The number of hydrogen-bond donors (Lipinski definition) is 1. The van der Waals surface area contributed by atoms with Crippen LogP contribution in [-0.2, 0) is 4.79 Å². The van der Waals surface area contributed by atoms with Crippen LogP contribution >= 0.6 is 15.9 Å². The monoisotopic (exact) mass is 376 g/mol. The van der Waals surface area contributed by atoms with Crippen molar-refractivity contribution >= 4 is 38.6 Å². The lowest BCUT2D eigenvalue weighted by Gasteiger charge is -2.35. The Balaban J connectivity index is 1.83. The Morgan fingerprint density at radius 1 is 1.43 bits per heavy atom. The van der Waals surface area contributed by atoms with E-state index in [1.165, 1.54) is 0 Å². The Labute approximate surface area is 144 Å². The van der Waals surface area contributed by atoms with Crippen LogP contribution in [0.5, 0.6) is 0 Å². The molecule has 23 heavy (non-hydrogen) atoms. The summed E-state index contributed by atoms with van der Waals surface area (Å²) in [5.41, 5.74) is 2.88. The van der Waals surface area contributed by atoms with E-state index in [0.717, 1.165) is 47.1 Å². The molecule has 0 saturated carbocycles. The van der Waals surface area contributed by atoms with Crippen LogP contribution in [0.2, 0.25) is 0 Å². The third kappa shape index (κ3) is 3.63. The number of anilines is 1. The Kier molecular flexibility index (Phi) is 4.80. The summed E-state index contributed by atoms with van der Waals surface area (Å²) in [6.07, 6.45) is 5.71. The molecule has 3 heterocycles. The predicted molar refractivity (Wildman–Crippen MR) is 95.5 cm³/mol. The molecule has 1 aliphatic rings. The number of piperidine rings is 1. The van der Waals surface area contributed by atoms with Crippen molar-refractivity contribution in [3.05, 3.63) is 29.0 Å². The van der Waals surface area contributed by atoms with Crippen LogP contribution in [0.25, 0.3) is 11.0 Å². The second-order valence-corrected chi connectivity index (χ2v) is 7.22. The van der Waals surface area contributed by atoms with E-state index in [2.05, 4.69) is 36.1 Å². The summed E-state index contributed by atoms with van der Waals surface area (Å²) >= 11 is 3.44. The van der Waals surface area contributed by atoms with Crippen molar-refractivity contribution in [2.24, 2.45) is 5.92 Å². The lowest BCUT2D eigenvalue weighted by Crippen LogP contribution is -2.48. The van der Waals surface area contributed by atoms with Crippen molar-refractivity contribution in [1.82, 2.24) is 15.3 Å². The molecule has 2 aromatic heterocycles. The van der Waals surface area contributed by atoms with Crippen molar-refractivity contribution in [1.29, 1.82) is 0 Å². The topological polar surface area (TPSA) is 58.1 Å². The van der Waals surface area contributed by atoms with Crippen molar-refractivity contribution in [3.8, 4) is 0 Å². The molecule has 1 amide bonds. The van der Waals surface area contributed by atoms with Gasteiger partial charge in [0.25, 0.3) is 0 Å². The Morgan fingerprint density at radius 2 is 2.26 bits per heavy atom. The molecule has 0 bridgehead atoms. The molecule has 1 unspecified atom stereocenters. The molecule has 2 aromatic rings. The molecule has 5 nitrogen and oxygen atoms in total. The fourth-order valence-corrected chi connectivity index (χ4v) is 3.25. The van der Waals surface area contributed by atoms with Gasteiger partial charge in [0.05, 0.1) is 11.2 Å². The first-order valence-corrected chi connectivity index (χ1v) is 8.79. The normalized spacial score (nSPS) is 18.4. The van der Waals surface area contributed by atoms with E-state index in [0.29, 0.717) is 0 Å². The van der Waals surface area contributed by atoms with E-state index in [-0.39, 0.29) is 17.9 Å². The summed E-state index contributed by atoms with van der Waals surface area (Å²) in [5.74, 6) is 0.143. The zero-order valence-corrected chi connectivity index (χ0v) is 15.0. The number of carbonyl (C=O) groups excluding carboxylic acids is 1.